The largest absolute Gasteiger partial charge is 0.354 e. The van der Waals surface area contributed by atoms with Gasteiger partial charge in [-0.15, -0.1) is 0 Å². The smallest absolute Gasteiger partial charge is 0.0693 e. The quantitative estimate of drug-likeness (QED) is 0.518. The number of anilines is 4. The van der Waals surface area contributed by atoms with Crippen molar-refractivity contribution in [2.75, 3.05) is 10.2 Å². The van der Waals surface area contributed by atoms with Gasteiger partial charge in [-0.3, -0.25) is 0 Å². The molecule has 0 saturated carbocycles. The third kappa shape index (κ3) is 2.72. The minimum Gasteiger partial charge on any atom is -0.354 e. The molecule has 0 fully saturated rings. The van der Waals surface area contributed by atoms with Gasteiger partial charge < -0.3 is 10.2 Å². The minimum absolute atomic E-state index is 0.0149. The van der Waals surface area contributed by atoms with Crippen molar-refractivity contribution >= 4 is 22.7 Å². The van der Waals surface area contributed by atoms with Crippen LogP contribution in [0.15, 0.2) is 91.1 Å². The standard InChI is InChI=1S/C26H28N2/c1-19-25(2,3)26(4,5)21-15-9-11-17-23(21)28(19)24-18-12-10-16-22(24)27-20-13-7-6-8-14-20/h6-18,27H,1H2,2-5H3. The lowest BCUT2D eigenvalue weighted by atomic mass is 9.60. The summed E-state index contributed by atoms with van der Waals surface area (Å²) in [6.07, 6.45) is 0. The molecule has 1 N–H and O–H groups in total. The van der Waals surface area contributed by atoms with E-state index in [9.17, 15) is 0 Å². The number of hydrogen-bond donors (Lipinski definition) is 1. The van der Waals surface area contributed by atoms with Crippen LogP contribution in [0.3, 0.4) is 0 Å². The summed E-state index contributed by atoms with van der Waals surface area (Å²) >= 11 is 0. The lowest BCUT2D eigenvalue weighted by Gasteiger charge is -2.53. The Labute approximate surface area is 168 Å². The molecule has 0 aliphatic carbocycles. The van der Waals surface area contributed by atoms with E-state index in [1.165, 1.54) is 11.3 Å². The maximum absolute atomic E-state index is 4.57. The molecule has 0 saturated heterocycles. The molecular formula is C26H28N2. The fourth-order valence-electron chi connectivity index (χ4n) is 4.05. The molecule has 2 heteroatoms. The third-order valence-electron chi connectivity index (χ3n) is 6.57. The lowest BCUT2D eigenvalue weighted by Crippen LogP contribution is -2.47. The summed E-state index contributed by atoms with van der Waals surface area (Å²) in [6.45, 7) is 13.8. The molecule has 0 atom stereocenters. The maximum atomic E-state index is 4.57. The van der Waals surface area contributed by atoms with Crippen molar-refractivity contribution in [1.29, 1.82) is 0 Å². The molecule has 3 aromatic carbocycles. The number of hydrogen-bond acceptors (Lipinski definition) is 2. The second-order valence-electron chi connectivity index (χ2n) is 8.56. The highest BCUT2D eigenvalue weighted by Gasteiger charge is 2.48. The van der Waals surface area contributed by atoms with Gasteiger partial charge in [-0.25, -0.2) is 0 Å². The van der Waals surface area contributed by atoms with Gasteiger partial charge in [0.25, 0.3) is 0 Å². The Morgan fingerprint density at radius 2 is 1.25 bits per heavy atom. The molecule has 1 heterocycles. The molecule has 4 rings (SSSR count). The molecule has 3 aromatic rings. The van der Waals surface area contributed by atoms with Crippen LogP contribution in [0.5, 0.6) is 0 Å². The molecule has 28 heavy (non-hydrogen) atoms. The molecule has 2 nitrogen and oxygen atoms in total. The van der Waals surface area contributed by atoms with Gasteiger partial charge in [0, 0.05) is 27.9 Å². The Morgan fingerprint density at radius 3 is 1.96 bits per heavy atom. The minimum atomic E-state index is -0.0960. The van der Waals surface area contributed by atoms with Crippen LogP contribution in [0.25, 0.3) is 0 Å². The molecule has 0 radical (unpaired) electrons. The Bertz CT molecular complexity index is 1020. The Balaban J connectivity index is 1.89. The third-order valence-corrected chi connectivity index (χ3v) is 6.57. The van der Waals surface area contributed by atoms with Crippen LogP contribution in [0.4, 0.5) is 22.7 Å². The molecule has 0 spiro atoms. The SMILES string of the molecule is C=C1N(c2ccccc2Nc2ccccc2)c2ccccc2C(C)(C)C1(C)C. The van der Waals surface area contributed by atoms with Gasteiger partial charge in [0.2, 0.25) is 0 Å². The number of rotatable bonds is 3. The van der Waals surface area contributed by atoms with Crippen LogP contribution in [0.1, 0.15) is 33.3 Å². The molecular weight excluding hydrogens is 340 g/mol. The molecule has 0 amide bonds. The van der Waals surface area contributed by atoms with Gasteiger partial charge in [-0.2, -0.15) is 0 Å². The van der Waals surface area contributed by atoms with Crippen molar-refractivity contribution in [3.8, 4) is 0 Å². The van der Waals surface area contributed by atoms with Crippen LogP contribution in [0, 0.1) is 5.41 Å². The predicted molar refractivity (Wildman–Crippen MR) is 121 cm³/mol. The van der Waals surface area contributed by atoms with E-state index in [0.717, 1.165) is 22.8 Å². The molecule has 142 valence electrons. The van der Waals surface area contributed by atoms with Crippen molar-refractivity contribution in [3.05, 3.63) is 96.7 Å². The van der Waals surface area contributed by atoms with E-state index in [4.69, 9.17) is 0 Å². The van der Waals surface area contributed by atoms with Crippen molar-refractivity contribution < 1.29 is 0 Å². The molecule has 1 aliphatic heterocycles. The van der Waals surface area contributed by atoms with Gasteiger partial charge in [-0.1, -0.05) is 82.8 Å². The first-order valence-corrected chi connectivity index (χ1v) is 9.84. The summed E-state index contributed by atoms with van der Waals surface area (Å²) in [5.41, 5.74) is 6.82. The second-order valence-corrected chi connectivity index (χ2v) is 8.56. The Morgan fingerprint density at radius 1 is 0.679 bits per heavy atom. The first-order valence-electron chi connectivity index (χ1n) is 9.84. The van der Waals surface area contributed by atoms with Crippen LogP contribution in [0.2, 0.25) is 0 Å². The fourth-order valence-corrected chi connectivity index (χ4v) is 4.05. The number of nitrogens with one attached hydrogen (secondary N) is 1. The van der Waals surface area contributed by atoms with Gasteiger partial charge >= 0.3 is 0 Å². The van der Waals surface area contributed by atoms with E-state index < -0.39 is 0 Å². The maximum Gasteiger partial charge on any atom is 0.0693 e. The van der Waals surface area contributed by atoms with Gasteiger partial charge in [0.05, 0.1) is 11.4 Å². The zero-order valence-electron chi connectivity index (χ0n) is 17.2. The lowest BCUT2D eigenvalue weighted by molar-refractivity contribution is 0.237. The molecule has 0 bridgehead atoms. The van der Waals surface area contributed by atoms with Crippen LogP contribution >= 0.6 is 0 Å². The van der Waals surface area contributed by atoms with Crippen molar-refractivity contribution in [3.63, 3.8) is 0 Å². The number of benzene rings is 3. The Hall–Kier alpha value is -3.00. The van der Waals surface area contributed by atoms with Gasteiger partial charge in [0.15, 0.2) is 0 Å². The average molecular weight is 369 g/mol. The molecule has 0 aromatic heterocycles. The van der Waals surface area contributed by atoms with E-state index in [2.05, 4.69) is 105 Å². The fraction of sp³-hybridized carbons (Fsp3) is 0.231. The highest BCUT2D eigenvalue weighted by Crippen LogP contribution is 2.57. The number of fused-ring (bicyclic) bond motifs is 1. The normalized spacial score (nSPS) is 17.1. The summed E-state index contributed by atoms with van der Waals surface area (Å²) < 4.78 is 0. The predicted octanol–water partition coefficient (Wildman–Crippen LogP) is 7.40. The highest BCUT2D eigenvalue weighted by molar-refractivity contribution is 5.85. The van der Waals surface area contributed by atoms with Crippen molar-refractivity contribution in [1.82, 2.24) is 0 Å². The zero-order chi connectivity index (χ0) is 19.9. The molecule has 0 unspecified atom stereocenters. The Kier molecular flexibility index (Phi) is 4.30. The highest BCUT2D eigenvalue weighted by atomic mass is 15.2. The van der Waals surface area contributed by atoms with Crippen LogP contribution < -0.4 is 10.2 Å². The monoisotopic (exact) mass is 368 g/mol. The van der Waals surface area contributed by atoms with E-state index >= 15 is 0 Å². The van der Waals surface area contributed by atoms with Crippen molar-refractivity contribution in [2.24, 2.45) is 5.41 Å². The number of allylic oxidation sites excluding steroid dienone is 1. The van der Waals surface area contributed by atoms with E-state index in [1.807, 2.05) is 18.2 Å². The van der Waals surface area contributed by atoms with E-state index in [0.29, 0.717) is 0 Å². The second kappa shape index (κ2) is 6.56. The van der Waals surface area contributed by atoms with Gasteiger partial charge in [-0.05, 0) is 35.9 Å². The first kappa shape index (κ1) is 18.4. The summed E-state index contributed by atoms with van der Waals surface area (Å²) in [5, 5.41) is 3.59. The molecule has 1 aliphatic rings. The van der Waals surface area contributed by atoms with Crippen LogP contribution in [-0.4, -0.2) is 0 Å². The van der Waals surface area contributed by atoms with Crippen molar-refractivity contribution in [2.45, 2.75) is 33.1 Å². The topological polar surface area (TPSA) is 15.3 Å². The number of para-hydroxylation sites is 4. The average Bonchev–Trinajstić information content (AvgIpc) is 2.69. The summed E-state index contributed by atoms with van der Waals surface area (Å²) in [4.78, 5) is 2.33. The zero-order valence-corrected chi connectivity index (χ0v) is 17.2. The van der Waals surface area contributed by atoms with E-state index in [1.54, 1.807) is 0 Å². The first-order chi connectivity index (χ1) is 13.3. The summed E-state index contributed by atoms with van der Waals surface area (Å²) in [5.74, 6) is 0. The summed E-state index contributed by atoms with van der Waals surface area (Å²) in [7, 11) is 0. The number of nitrogens with zero attached hydrogens (tertiary/aromatic N) is 1. The summed E-state index contributed by atoms with van der Waals surface area (Å²) in [6, 6.07) is 27.5. The van der Waals surface area contributed by atoms with Crippen LogP contribution in [-0.2, 0) is 5.41 Å². The van der Waals surface area contributed by atoms with E-state index in [-0.39, 0.29) is 10.8 Å². The van der Waals surface area contributed by atoms with Gasteiger partial charge in [0.1, 0.15) is 0 Å².